The first-order valence-electron chi connectivity index (χ1n) is 2.05. The molecular weight excluding hydrogens is 199 g/mol. The van der Waals surface area contributed by atoms with Crippen LogP contribution in [0.5, 0.6) is 0 Å². The van der Waals surface area contributed by atoms with Crippen molar-refractivity contribution < 1.29 is 34.2 Å². The van der Waals surface area contributed by atoms with Gasteiger partial charge in [0.25, 0.3) is 0 Å². The van der Waals surface area contributed by atoms with Crippen LogP contribution in [0.15, 0.2) is 13.2 Å². The summed E-state index contributed by atoms with van der Waals surface area (Å²) < 4.78 is 0. The Labute approximate surface area is 92.0 Å². The van der Waals surface area contributed by atoms with E-state index < -0.39 is 15.2 Å². The molecule has 0 aliphatic carbocycles. The van der Waals surface area contributed by atoms with Crippen LogP contribution < -0.4 is 0 Å². The fourth-order valence-electron chi connectivity index (χ4n) is 0. The second kappa shape index (κ2) is 13.6. The quantitative estimate of drug-likeness (QED) is 0.196. The molecule has 0 amide bonds. The number of carbonyl (C=O) groups is 1. The van der Waals surface area contributed by atoms with Crippen LogP contribution >= 0.6 is 0 Å². The Morgan fingerprint density at radius 2 is 1.00 bits per heavy atom. The molecule has 70 valence electrons. The van der Waals surface area contributed by atoms with Crippen molar-refractivity contribution in [1.82, 2.24) is 0 Å². The molecule has 0 bridgehead atoms. The van der Waals surface area contributed by atoms with E-state index in [1.165, 1.54) is 0 Å². The molecule has 0 atom stereocenters. The minimum atomic E-state index is -4.61. The number of carboxylic acid groups (broad SMARTS) is 2. The van der Waals surface area contributed by atoms with Crippen molar-refractivity contribution in [2.24, 2.45) is 0 Å². The van der Waals surface area contributed by atoms with Crippen LogP contribution in [0.3, 0.4) is 0 Å². The van der Waals surface area contributed by atoms with Gasteiger partial charge in [0, 0.05) is 0 Å². The second-order valence-corrected chi connectivity index (χ2v) is 2.08. The van der Waals surface area contributed by atoms with Crippen molar-refractivity contribution in [2.75, 3.05) is 0 Å². The summed E-state index contributed by atoms with van der Waals surface area (Å²) in [4.78, 5) is 37.9. The molecule has 0 saturated heterocycles. The molecule has 0 aromatic heterocycles. The molecule has 0 unspecified atom stereocenters. The zero-order valence-electron chi connectivity index (χ0n) is 5.51. The summed E-state index contributed by atoms with van der Waals surface area (Å²) in [7, 11) is -4.61. The Kier molecular flexibility index (Phi) is 25.8. The van der Waals surface area contributed by atoms with Crippen molar-refractivity contribution >= 4 is 44.8 Å². The van der Waals surface area contributed by atoms with Gasteiger partial charge in [-0.15, -0.1) is 13.2 Å². The predicted molar refractivity (Wildman–Crippen MR) is 43.7 cm³/mol. The Morgan fingerprint density at radius 3 is 1.00 bits per heavy atom. The molecule has 0 radical (unpaired) electrons. The Hall–Kier alpha value is 0.0669. The average Bonchev–Trinajstić information content (AvgIpc) is 1.63. The predicted octanol–water partition coefficient (Wildman–Crippen LogP) is -2.23. The van der Waals surface area contributed by atoms with E-state index in [0.717, 1.165) is 0 Å². The first-order chi connectivity index (χ1) is 4.73. The second-order valence-electron chi connectivity index (χ2n) is 0.883. The summed E-state index contributed by atoms with van der Waals surface area (Å²) in [6.45, 7) is 6.00. The van der Waals surface area contributed by atoms with E-state index in [9.17, 15) is 0 Å². The fraction of sp³-hybridized carbons (Fsp3) is 0. The molecule has 6 N–H and O–H groups in total. The van der Waals surface area contributed by atoms with Crippen LogP contribution in [0.25, 0.3) is 0 Å². The maximum absolute atomic E-state index is 8.56. The average molecular weight is 210 g/mol. The molecule has 0 fully saturated rings. The monoisotopic (exact) mass is 210 g/mol. The normalized spacial score (nSPS) is 7.33. The van der Waals surface area contributed by atoms with Gasteiger partial charge in [-0.3, -0.25) is 0 Å². The van der Waals surface area contributed by atoms with Crippen molar-refractivity contribution in [1.29, 1.82) is 0 Å². The Bertz CT molecular complexity index is 91.3. The molecule has 0 rings (SSSR count). The third kappa shape index (κ3) is 185000. The first kappa shape index (κ1) is 22.7. The SMILES string of the molecule is C=C.O=C(O)O.O[Si](O)(O)O.[NaH]. The Morgan fingerprint density at radius 1 is 1.00 bits per heavy atom. The third-order valence-electron chi connectivity index (χ3n) is 0. The van der Waals surface area contributed by atoms with Crippen LogP contribution in [-0.2, 0) is 0 Å². The van der Waals surface area contributed by atoms with E-state index >= 15 is 0 Å². The van der Waals surface area contributed by atoms with Gasteiger partial charge in [-0.25, -0.2) is 4.79 Å². The summed E-state index contributed by atoms with van der Waals surface area (Å²) in [6, 6.07) is 0. The molecule has 0 saturated carbocycles. The molecule has 0 aromatic carbocycles. The topological polar surface area (TPSA) is 138 Å². The minimum absolute atomic E-state index is 0. The van der Waals surface area contributed by atoms with Gasteiger partial charge >= 0.3 is 44.8 Å². The van der Waals surface area contributed by atoms with Crippen LogP contribution in [0, 0.1) is 0 Å². The molecule has 12 heavy (non-hydrogen) atoms. The van der Waals surface area contributed by atoms with Crippen molar-refractivity contribution in [2.45, 2.75) is 0 Å². The molecule has 9 heteroatoms. The molecule has 0 heterocycles. The van der Waals surface area contributed by atoms with E-state index in [1.807, 2.05) is 0 Å². The van der Waals surface area contributed by atoms with Gasteiger partial charge in [0.15, 0.2) is 0 Å². The van der Waals surface area contributed by atoms with Crippen LogP contribution in [0.1, 0.15) is 0 Å². The summed E-state index contributed by atoms with van der Waals surface area (Å²) in [6.07, 6.45) is -1.83. The van der Waals surface area contributed by atoms with Gasteiger partial charge < -0.3 is 29.4 Å². The standard InChI is InChI=1S/C2H4.CH2O3.Na.H4O4Si.H/c1-2;2-1(3)4;;1-5(2,3)4;/h1-2H2;(H2,2,3,4);;1-4H;. The molecule has 0 aliphatic heterocycles. The van der Waals surface area contributed by atoms with Crippen molar-refractivity contribution in [3.8, 4) is 0 Å². The molecule has 0 spiro atoms. The van der Waals surface area contributed by atoms with Crippen LogP contribution in [0.4, 0.5) is 4.79 Å². The van der Waals surface area contributed by atoms with E-state index in [-0.39, 0.29) is 29.6 Å². The molecule has 0 aliphatic rings. The number of hydrogen-bond acceptors (Lipinski definition) is 5. The van der Waals surface area contributed by atoms with Gasteiger partial charge in [-0.05, 0) is 0 Å². The van der Waals surface area contributed by atoms with Crippen LogP contribution in [-0.4, -0.2) is 74.2 Å². The van der Waals surface area contributed by atoms with Gasteiger partial charge in [-0.2, -0.15) is 0 Å². The summed E-state index contributed by atoms with van der Waals surface area (Å²) in [5, 5.41) is 13.9. The zero-order valence-corrected chi connectivity index (χ0v) is 6.51. The third-order valence-corrected chi connectivity index (χ3v) is 0. The molecule has 7 nitrogen and oxygen atoms in total. The summed E-state index contributed by atoms with van der Waals surface area (Å²) in [5.74, 6) is 0. The van der Waals surface area contributed by atoms with E-state index in [1.54, 1.807) is 0 Å². The summed E-state index contributed by atoms with van der Waals surface area (Å²) >= 11 is 0. The zero-order chi connectivity index (χ0) is 10.1. The van der Waals surface area contributed by atoms with Crippen molar-refractivity contribution in [3.05, 3.63) is 13.2 Å². The van der Waals surface area contributed by atoms with E-state index in [4.69, 9.17) is 34.2 Å². The fourth-order valence-corrected chi connectivity index (χ4v) is 0. The van der Waals surface area contributed by atoms with E-state index in [2.05, 4.69) is 13.2 Å². The van der Waals surface area contributed by atoms with E-state index in [0.29, 0.717) is 0 Å². The Balaban J connectivity index is -0.0000000419. The van der Waals surface area contributed by atoms with Gasteiger partial charge in [0.1, 0.15) is 0 Å². The number of hydrogen-bond donors (Lipinski definition) is 6. The van der Waals surface area contributed by atoms with Gasteiger partial charge in [0.05, 0.1) is 0 Å². The number of rotatable bonds is 0. The van der Waals surface area contributed by atoms with Gasteiger partial charge in [0.2, 0.25) is 0 Å². The van der Waals surface area contributed by atoms with Gasteiger partial charge in [-0.1, -0.05) is 0 Å². The first-order valence-corrected chi connectivity index (χ1v) is 3.83. The molecular formula is C3H11NaO7Si. The maximum atomic E-state index is 8.56. The van der Waals surface area contributed by atoms with Crippen LogP contribution in [0.2, 0.25) is 0 Å². The summed E-state index contributed by atoms with van der Waals surface area (Å²) in [5.41, 5.74) is 0. The van der Waals surface area contributed by atoms with Crippen molar-refractivity contribution in [3.63, 3.8) is 0 Å². The molecule has 0 aromatic rings.